The number of hydrogen-bond acceptors (Lipinski definition) is 4. The minimum absolute atomic E-state index is 0.326. The second-order valence-corrected chi connectivity index (χ2v) is 10.3. The minimum Gasteiger partial charge on any atom is -0.325 e. The number of benzene rings is 3. The number of nitrogens with zero attached hydrogens (tertiary/aromatic N) is 1. The van der Waals surface area contributed by atoms with E-state index in [1.807, 2.05) is 48.5 Å². The van der Waals surface area contributed by atoms with Crippen molar-refractivity contribution in [3.63, 3.8) is 0 Å². The quantitative estimate of drug-likeness (QED) is 0.489. The molecule has 1 atom stereocenters. The van der Waals surface area contributed by atoms with Crippen molar-refractivity contribution in [1.29, 1.82) is 0 Å². The van der Waals surface area contributed by atoms with Crippen LogP contribution in [-0.2, 0) is 21.5 Å². The molecule has 0 saturated carbocycles. The van der Waals surface area contributed by atoms with Crippen LogP contribution in [-0.4, -0.2) is 29.3 Å². The lowest BCUT2D eigenvalue weighted by atomic mass is 9.76. The lowest BCUT2D eigenvalue weighted by Gasteiger charge is -2.33. The van der Waals surface area contributed by atoms with E-state index < -0.39 is 17.5 Å². The van der Waals surface area contributed by atoms with Gasteiger partial charge >= 0.3 is 6.03 Å². The summed E-state index contributed by atoms with van der Waals surface area (Å²) < 4.78 is 0. The first kappa shape index (κ1) is 23.2. The maximum Gasteiger partial charge on any atom is 0.325 e. The zero-order valence-corrected chi connectivity index (χ0v) is 20.6. The standard InChI is InChI=1S/C28H27N3O3S/c1-18-9-12-23(16-19(18)2)35-22-13-10-21(11-14-22)29-25(32)17-31-26(33)28(30-27(31)34)15-5-7-20-6-3-4-8-24(20)28/h3-4,6,8-14,16H,5,7,15,17H2,1-2H3,(H,29,32)(H,30,34). The first-order valence-corrected chi connectivity index (χ1v) is 12.5. The molecular weight excluding hydrogens is 458 g/mol. The van der Waals surface area contributed by atoms with E-state index in [0.29, 0.717) is 12.1 Å². The minimum atomic E-state index is -1.07. The van der Waals surface area contributed by atoms with Crippen molar-refractivity contribution >= 4 is 35.3 Å². The Kier molecular flexibility index (Phi) is 6.11. The predicted octanol–water partition coefficient (Wildman–Crippen LogP) is 5.18. The summed E-state index contributed by atoms with van der Waals surface area (Å²) in [6.07, 6.45) is 2.21. The van der Waals surface area contributed by atoms with Gasteiger partial charge in [0.25, 0.3) is 5.91 Å². The van der Waals surface area contributed by atoms with Crippen LogP contribution in [0.3, 0.4) is 0 Å². The van der Waals surface area contributed by atoms with Crippen LogP contribution >= 0.6 is 11.8 Å². The number of nitrogens with one attached hydrogen (secondary N) is 2. The van der Waals surface area contributed by atoms with Gasteiger partial charge in [-0.25, -0.2) is 4.79 Å². The van der Waals surface area contributed by atoms with E-state index in [-0.39, 0.29) is 12.5 Å². The summed E-state index contributed by atoms with van der Waals surface area (Å²) >= 11 is 1.65. The zero-order chi connectivity index (χ0) is 24.6. The molecule has 2 aliphatic rings. The molecule has 35 heavy (non-hydrogen) atoms. The highest BCUT2D eigenvalue weighted by Gasteiger charge is 2.54. The number of carbonyl (C=O) groups excluding carboxylic acids is 3. The van der Waals surface area contributed by atoms with Crippen LogP contribution in [0.15, 0.2) is 76.5 Å². The van der Waals surface area contributed by atoms with E-state index in [0.717, 1.165) is 38.7 Å². The fourth-order valence-electron chi connectivity index (χ4n) is 4.82. The molecule has 4 amide bonds. The number of hydrogen-bond donors (Lipinski definition) is 2. The van der Waals surface area contributed by atoms with E-state index >= 15 is 0 Å². The number of urea groups is 1. The fraction of sp³-hybridized carbons (Fsp3) is 0.250. The molecule has 1 spiro atoms. The first-order chi connectivity index (χ1) is 16.9. The molecule has 1 heterocycles. The van der Waals surface area contributed by atoms with Crippen LogP contribution in [0.4, 0.5) is 10.5 Å². The summed E-state index contributed by atoms with van der Waals surface area (Å²) in [6.45, 7) is 3.86. The summed E-state index contributed by atoms with van der Waals surface area (Å²) in [4.78, 5) is 42.1. The van der Waals surface area contributed by atoms with Gasteiger partial charge in [-0.3, -0.25) is 14.5 Å². The third-order valence-corrected chi connectivity index (χ3v) is 7.80. The lowest BCUT2D eigenvalue weighted by molar-refractivity contribution is -0.134. The van der Waals surface area contributed by atoms with Gasteiger partial charge in [-0.15, -0.1) is 0 Å². The van der Waals surface area contributed by atoms with Gasteiger partial charge < -0.3 is 10.6 Å². The molecular formula is C28H27N3O3S. The van der Waals surface area contributed by atoms with Crippen LogP contribution < -0.4 is 10.6 Å². The number of aryl methyl sites for hydroxylation is 3. The van der Waals surface area contributed by atoms with Crippen molar-refractivity contribution < 1.29 is 14.4 Å². The molecule has 178 valence electrons. The number of anilines is 1. The van der Waals surface area contributed by atoms with Crippen LogP contribution in [0.5, 0.6) is 0 Å². The largest absolute Gasteiger partial charge is 0.325 e. The van der Waals surface area contributed by atoms with Crippen molar-refractivity contribution in [2.75, 3.05) is 11.9 Å². The second kappa shape index (κ2) is 9.23. The molecule has 0 radical (unpaired) electrons. The molecule has 7 heteroatoms. The molecule has 2 N–H and O–H groups in total. The fourth-order valence-corrected chi connectivity index (χ4v) is 5.74. The average molecular weight is 486 g/mol. The first-order valence-electron chi connectivity index (χ1n) is 11.7. The van der Waals surface area contributed by atoms with Gasteiger partial charge in [0.1, 0.15) is 12.1 Å². The lowest BCUT2D eigenvalue weighted by Crippen LogP contribution is -2.47. The second-order valence-electron chi connectivity index (χ2n) is 9.16. The summed E-state index contributed by atoms with van der Waals surface area (Å²) in [7, 11) is 0. The highest BCUT2D eigenvalue weighted by molar-refractivity contribution is 7.99. The molecule has 1 fully saturated rings. The Bertz CT molecular complexity index is 1320. The summed E-state index contributed by atoms with van der Waals surface area (Å²) in [5.74, 6) is -0.769. The van der Waals surface area contributed by atoms with Gasteiger partial charge in [-0.2, -0.15) is 0 Å². The average Bonchev–Trinajstić information content (AvgIpc) is 3.07. The van der Waals surface area contributed by atoms with Crippen molar-refractivity contribution in [3.05, 3.63) is 89.0 Å². The van der Waals surface area contributed by atoms with Crippen molar-refractivity contribution in [2.24, 2.45) is 0 Å². The van der Waals surface area contributed by atoms with Crippen molar-refractivity contribution in [2.45, 2.75) is 48.4 Å². The topological polar surface area (TPSA) is 78.5 Å². The Morgan fingerprint density at radius 3 is 2.51 bits per heavy atom. The Balaban J connectivity index is 1.24. The van der Waals surface area contributed by atoms with Gasteiger partial charge in [0.05, 0.1) is 0 Å². The van der Waals surface area contributed by atoms with Gasteiger partial charge in [0.2, 0.25) is 5.91 Å². The van der Waals surface area contributed by atoms with Crippen LogP contribution in [0.25, 0.3) is 0 Å². The summed E-state index contributed by atoms with van der Waals surface area (Å²) in [5.41, 5.74) is 3.96. The predicted molar refractivity (Wildman–Crippen MR) is 136 cm³/mol. The highest BCUT2D eigenvalue weighted by Crippen LogP contribution is 2.39. The molecule has 1 aliphatic carbocycles. The molecule has 3 aromatic carbocycles. The van der Waals surface area contributed by atoms with E-state index in [1.165, 1.54) is 11.1 Å². The third-order valence-electron chi connectivity index (χ3n) is 6.80. The van der Waals surface area contributed by atoms with E-state index in [2.05, 4.69) is 42.7 Å². The van der Waals surface area contributed by atoms with E-state index in [1.54, 1.807) is 11.8 Å². The monoisotopic (exact) mass is 485 g/mol. The summed E-state index contributed by atoms with van der Waals surface area (Å²) in [5, 5.41) is 5.69. The molecule has 1 saturated heterocycles. The van der Waals surface area contributed by atoms with Crippen LogP contribution in [0, 0.1) is 13.8 Å². The molecule has 0 bridgehead atoms. The molecule has 3 aromatic rings. The summed E-state index contributed by atoms with van der Waals surface area (Å²) in [6, 6.07) is 21.1. The Labute approximate surface area is 209 Å². The molecule has 0 aromatic heterocycles. The van der Waals surface area contributed by atoms with Gasteiger partial charge in [0.15, 0.2) is 0 Å². The van der Waals surface area contributed by atoms with Gasteiger partial charge in [-0.1, -0.05) is 42.1 Å². The molecule has 1 unspecified atom stereocenters. The Morgan fingerprint density at radius 2 is 1.74 bits per heavy atom. The SMILES string of the molecule is Cc1ccc(Sc2ccc(NC(=O)CN3C(=O)NC4(CCCc5ccccc54)C3=O)cc2)cc1C. The molecule has 6 nitrogen and oxygen atoms in total. The number of carbonyl (C=O) groups is 3. The van der Waals surface area contributed by atoms with Crippen molar-refractivity contribution in [3.8, 4) is 0 Å². The maximum absolute atomic E-state index is 13.4. The Hall–Kier alpha value is -3.58. The van der Waals surface area contributed by atoms with Crippen molar-refractivity contribution in [1.82, 2.24) is 10.2 Å². The van der Waals surface area contributed by atoms with Crippen LogP contribution in [0.2, 0.25) is 0 Å². The number of rotatable bonds is 5. The Morgan fingerprint density at radius 1 is 1.00 bits per heavy atom. The normalized spacial score (nSPS) is 19.0. The van der Waals surface area contributed by atoms with E-state index in [4.69, 9.17) is 0 Å². The van der Waals surface area contributed by atoms with Gasteiger partial charge in [0, 0.05) is 15.5 Å². The zero-order valence-electron chi connectivity index (χ0n) is 19.8. The van der Waals surface area contributed by atoms with E-state index in [9.17, 15) is 14.4 Å². The number of amides is 4. The third kappa shape index (κ3) is 4.44. The molecule has 5 rings (SSSR count). The van der Waals surface area contributed by atoms with Gasteiger partial charge in [-0.05, 0) is 91.8 Å². The van der Waals surface area contributed by atoms with Crippen LogP contribution in [0.1, 0.15) is 35.1 Å². The molecule has 1 aliphatic heterocycles. The maximum atomic E-state index is 13.4. The number of imide groups is 1. The number of fused-ring (bicyclic) bond motifs is 2. The highest BCUT2D eigenvalue weighted by atomic mass is 32.2. The smallest absolute Gasteiger partial charge is 0.325 e.